The molecule has 0 spiro atoms. The Bertz CT molecular complexity index is 1670. The topological polar surface area (TPSA) is 96.0 Å². The van der Waals surface area contributed by atoms with Crippen LogP contribution in [0, 0.1) is 0 Å². The molecule has 230 valence electrons. The largest absolute Gasteiger partial charge is 0.497 e. The quantitative estimate of drug-likeness (QED) is 0.183. The number of rotatable bonds is 13. The number of amides is 2. The molecule has 8 nitrogen and oxygen atoms in total. The van der Waals surface area contributed by atoms with Gasteiger partial charge in [-0.3, -0.25) is 13.9 Å². The molecule has 0 saturated carbocycles. The van der Waals surface area contributed by atoms with Gasteiger partial charge in [-0.2, -0.15) is 0 Å². The zero-order valence-corrected chi connectivity index (χ0v) is 27.5. The molecule has 0 aliphatic rings. The van der Waals surface area contributed by atoms with Gasteiger partial charge in [0.05, 0.1) is 17.7 Å². The van der Waals surface area contributed by atoms with Crippen LogP contribution in [0.4, 0.5) is 5.69 Å². The van der Waals surface area contributed by atoms with E-state index in [2.05, 4.69) is 21.2 Å². The van der Waals surface area contributed by atoms with Gasteiger partial charge < -0.3 is 15.0 Å². The van der Waals surface area contributed by atoms with Gasteiger partial charge in [0.1, 0.15) is 18.3 Å². The summed E-state index contributed by atoms with van der Waals surface area (Å²) in [5.74, 6) is -0.399. The number of hydrogen-bond acceptors (Lipinski definition) is 5. The number of likely N-dealkylation sites (N-methyl/N-ethyl adjacent to an activating group) is 1. The third-order valence-electron chi connectivity index (χ3n) is 6.90. The van der Waals surface area contributed by atoms with E-state index in [0.717, 1.165) is 19.9 Å². The Morgan fingerprint density at radius 2 is 1.57 bits per heavy atom. The highest BCUT2D eigenvalue weighted by molar-refractivity contribution is 9.10. The van der Waals surface area contributed by atoms with Crippen LogP contribution in [0.15, 0.2) is 112 Å². The maximum absolute atomic E-state index is 14.4. The van der Waals surface area contributed by atoms with Crippen LogP contribution < -0.4 is 14.4 Å². The van der Waals surface area contributed by atoms with Crippen molar-refractivity contribution in [3.8, 4) is 5.75 Å². The van der Waals surface area contributed by atoms with Gasteiger partial charge in [-0.05, 0) is 78.7 Å². The van der Waals surface area contributed by atoms with Crippen LogP contribution in [0.2, 0.25) is 5.02 Å². The van der Waals surface area contributed by atoms with E-state index >= 15 is 0 Å². The van der Waals surface area contributed by atoms with E-state index in [-0.39, 0.29) is 29.5 Å². The highest BCUT2D eigenvalue weighted by Crippen LogP contribution is 2.27. The van der Waals surface area contributed by atoms with Crippen LogP contribution in [0.25, 0.3) is 0 Å². The third kappa shape index (κ3) is 8.40. The van der Waals surface area contributed by atoms with E-state index in [1.165, 1.54) is 24.1 Å². The normalized spacial score (nSPS) is 11.8. The predicted octanol–water partition coefficient (Wildman–Crippen LogP) is 6.08. The first-order valence-corrected chi connectivity index (χ1v) is 16.5. The first-order chi connectivity index (χ1) is 21.1. The fourth-order valence-electron chi connectivity index (χ4n) is 4.69. The number of carbonyl (C=O) groups is 2. The molecular formula is C33H33BrClN3O5S. The zero-order chi connectivity index (χ0) is 31.7. The Kier molecular flexibility index (Phi) is 11.4. The molecule has 0 bridgehead atoms. The first-order valence-electron chi connectivity index (χ1n) is 13.9. The molecule has 0 aromatic heterocycles. The average molecular weight is 699 g/mol. The van der Waals surface area contributed by atoms with Crippen molar-refractivity contribution in [1.29, 1.82) is 0 Å². The molecule has 11 heteroatoms. The van der Waals surface area contributed by atoms with Gasteiger partial charge in [-0.15, -0.1) is 0 Å². The van der Waals surface area contributed by atoms with Crippen molar-refractivity contribution in [3.05, 3.63) is 124 Å². The van der Waals surface area contributed by atoms with Crippen LogP contribution in [-0.2, 0) is 32.6 Å². The van der Waals surface area contributed by atoms with E-state index < -0.39 is 28.5 Å². The molecule has 0 heterocycles. The Balaban J connectivity index is 1.79. The van der Waals surface area contributed by atoms with Crippen molar-refractivity contribution in [2.24, 2.45) is 0 Å². The van der Waals surface area contributed by atoms with Gasteiger partial charge >= 0.3 is 0 Å². The summed E-state index contributed by atoms with van der Waals surface area (Å²) in [6.45, 7) is 1.69. The number of nitrogens with zero attached hydrogens (tertiary/aromatic N) is 2. The number of anilines is 1. The second-order valence-corrected chi connectivity index (χ2v) is 13.1. The van der Waals surface area contributed by atoms with Gasteiger partial charge in [0.15, 0.2) is 0 Å². The summed E-state index contributed by atoms with van der Waals surface area (Å²) in [7, 11) is -2.75. The van der Waals surface area contributed by atoms with Gasteiger partial charge in [0.2, 0.25) is 11.8 Å². The first kappa shape index (κ1) is 33.0. The van der Waals surface area contributed by atoms with Crippen LogP contribution in [-0.4, -0.2) is 51.4 Å². The van der Waals surface area contributed by atoms with Crippen LogP contribution in [0.3, 0.4) is 0 Å². The minimum atomic E-state index is -4.24. The number of benzene rings is 4. The van der Waals surface area contributed by atoms with Crippen molar-refractivity contribution in [2.45, 2.75) is 30.8 Å². The minimum absolute atomic E-state index is 0.0239. The van der Waals surface area contributed by atoms with Crippen molar-refractivity contribution < 1.29 is 22.7 Å². The maximum Gasteiger partial charge on any atom is 0.264 e. The number of methoxy groups -OCH3 is 1. The van der Waals surface area contributed by atoms with Gasteiger partial charge in [0.25, 0.3) is 10.0 Å². The summed E-state index contributed by atoms with van der Waals surface area (Å²) in [5, 5.41) is 3.27. The highest BCUT2D eigenvalue weighted by Gasteiger charge is 2.34. The fraction of sp³-hybridized carbons (Fsp3) is 0.212. The summed E-state index contributed by atoms with van der Waals surface area (Å²) in [5.41, 5.74) is 1.88. The molecule has 4 aromatic carbocycles. The Morgan fingerprint density at radius 1 is 0.909 bits per heavy atom. The SMILES string of the molecule is CCNC(=O)[C@@H](Cc1ccccc1)N(Cc1cccc(Br)c1)C(=O)CN(c1ccc(Cl)cc1)S(=O)(=O)c1ccc(OC)cc1. The second-order valence-electron chi connectivity index (χ2n) is 9.92. The van der Waals surface area contributed by atoms with E-state index in [9.17, 15) is 18.0 Å². The minimum Gasteiger partial charge on any atom is -0.497 e. The lowest BCUT2D eigenvalue weighted by Crippen LogP contribution is -2.53. The molecule has 2 amide bonds. The van der Waals surface area contributed by atoms with Gasteiger partial charge in [0, 0.05) is 29.0 Å². The van der Waals surface area contributed by atoms with Crippen LogP contribution >= 0.6 is 27.5 Å². The summed E-state index contributed by atoms with van der Waals surface area (Å²) in [4.78, 5) is 29.4. The van der Waals surface area contributed by atoms with Crippen molar-refractivity contribution >= 4 is 55.1 Å². The number of carbonyl (C=O) groups excluding carboxylic acids is 2. The van der Waals surface area contributed by atoms with Crippen molar-refractivity contribution in [2.75, 3.05) is 24.5 Å². The lowest BCUT2D eigenvalue weighted by Gasteiger charge is -2.34. The summed E-state index contributed by atoms with van der Waals surface area (Å²) in [6.07, 6.45) is 0.235. The van der Waals surface area contributed by atoms with Gasteiger partial charge in [-0.25, -0.2) is 8.42 Å². The lowest BCUT2D eigenvalue weighted by molar-refractivity contribution is -0.140. The molecule has 44 heavy (non-hydrogen) atoms. The van der Waals surface area contributed by atoms with E-state index in [1.54, 1.807) is 36.4 Å². The van der Waals surface area contributed by atoms with Crippen LogP contribution in [0.1, 0.15) is 18.1 Å². The molecule has 1 atom stereocenters. The predicted molar refractivity (Wildman–Crippen MR) is 176 cm³/mol. The molecule has 0 radical (unpaired) electrons. The van der Waals surface area contributed by atoms with Crippen molar-refractivity contribution in [1.82, 2.24) is 10.2 Å². The van der Waals surface area contributed by atoms with E-state index in [0.29, 0.717) is 17.3 Å². The molecule has 0 unspecified atom stereocenters. The molecular weight excluding hydrogens is 666 g/mol. The van der Waals surface area contributed by atoms with E-state index in [4.69, 9.17) is 16.3 Å². The number of nitrogens with one attached hydrogen (secondary N) is 1. The van der Waals surface area contributed by atoms with Gasteiger partial charge in [-0.1, -0.05) is 70.0 Å². The summed E-state index contributed by atoms with van der Waals surface area (Å²) in [6, 6.07) is 28.0. The Labute approximate surface area is 271 Å². The maximum atomic E-state index is 14.4. The average Bonchev–Trinajstić information content (AvgIpc) is 3.02. The molecule has 0 aliphatic carbocycles. The number of hydrogen-bond donors (Lipinski definition) is 1. The molecule has 4 rings (SSSR count). The molecule has 0 fully saturated rings. The number of sulfonamides is 1. The van der Waals surface area contributed by atoms with E-state index in [1.807, 2.05) is 61.5 Å². The second kappa shape index (κ2) is 15.2. The lowest BCUT2D eigenvalue weighted by atomic mass is 10.0. The standard InChI is InChI=1S/C33H33BrClN3O5S/c1-3-36-33(40)31(21-24-8-5-4-6-9-24)37(22-25-10-7-11-26(34)20-25)32(39)23-38(28-14-12-27(35)13-15-28)44(41,42)30-18-16-29(43-2)17-19-30/h4-20,31H,3,21-23H2,1-2H3,(H,36,40)/t31-/m1/s1. The number of halogens is 2. The number of ether oxygens (including phenoxy) is 1. The molecule has 0 aliphatic heterocycles. The monoisotopic (exact) mass is 697 g/mol. The summed E-state index contributed by atoms with van der Waals surface area (Å²) < 4.78 is 35.2. The van der Waals surface area contributed by atoms with Crippen molar-refractivity contribution in [3.63, 3.8) is 0 Å². The summed E-state index contributed by atoms with van der Waals surface area (Å²) >= 11 is 9.60. The smallest absolute Gasteiger partial charge is 0.264 e. The highest BCUT2D eigenvalue weighted by atomic mass is 79.9. The van der Waals surface area contributed by atoms with Crippen LogP contribution in [0.5, 0.6) is 5.75 Å². The zero-order valence-electron chi connectivity index (χ0n) is 24.3. The molecule has 1 N–H and O–H groups in total. The molecule has 4 aromatic rings. The molecule has 0 saturated heterocycles. The Morgan fingerprint density at radius 3 is 2.18 bits per heavy atom. The fourth-order valence-corrected chi connectivity index (χ4v) is 6.68. The Hall–Kier alpha value is -3.86. The third-order valence-corrected chi connectivity index (χ3v) is 9.44.